The molecule has 0 saturated heterocycles. The lowest BCUT2D eigenvalue weighted by atomic mass is 10.2. The van der Waals surface area contributed by atoms with Crippen molar-refractivity contribution in [2.75, 3.05) is 5.73 Å². The molecular weight excluding hydrogens is 169 g/mol. The molecule has 0 fully saturated rings. The van der Waals surface area contributed by atoms with Crippen molar-refractivity contribution in [3.63, 3.8) is 0 Å². The molecule has 1 aromatic rings. The highest BCUT2D eigenvalue weighted by molar-refractivity contribution is 5.45. The van der Waals surface area contributed by atoms with Crippen LogP contribution in [0.5, 0.6) is 5.75 Å². The zero-order valence-corrected chi connectivity index (χ0v) is 8.10. The molecule has 0 aliphatic rings. The van der Waals surface area contributed by atoms with Crippen LogP contribution in [0.15, 0.2) is 18.2 Å². The van der Waals surface area contributed by atoms with E-state index in [2.05, 4.69) is 0 Å². The van der Waals surface area contributed by atoms with Gasteiger partial charge in [-0.05, 0) is 32.9 Å². The van der Waals surface area contributed by atoms with Crippen molar-refractivity contribution in [2.45, 2.75) is 26.4 Å². The van der Waals surface area contributed by atoms with Gasteiger partial charge in [-0.2, -0.15) is 0 Å². The summed E-state index contributed by atoms with van der Waals surface area (Å²) in [6.45, 7) is 5.77. The topological polar surface area (TPSA) is 35.2 Å². The third-order valence-electron chi connectivity index (χ3n) is 1.39. The standard InChI is InChI=1S/C10H14FNO/c1-10(2,3)13-7-4-5-8(11)9(12)6-7/h4-6H,12H2,1-3H3. The number of nitrogen functional groups attached to an aromatic ring is 1. The van der Waals surface area contributed by atoms with Gasteiger partial charge in [-0.1, -0.05) is 0 Å². The van der Waals surface area contributed by atoms with Gasteiger partial charge in [0.1, 0.15) is 17.2 Å². The van der Waals surface area contributed by atoms with Crippen LogP contribution in [-0.4, -0.2) is 5.60 Å². The Labute approximate surface area is 77.5 Å². The van der Waals surface area contributed by atoms with Crippen molar-refractivity contribution in [3.8, 4) is 5.75 Å². The van der Waals surface area contributed by atoms with E-state index in [0.717, 1.165) is 0 Å². The number of benzene rings is 1. The van der Waals surface area contributed by atoms with Gasteiger partial charge < -0.3 is 10.5 Å². The molecule has 2 nitrogen and oxygen atoms in total. The molecule has 0 saturated carbocycles. The third-order valence-corrected chi connectivity index (χ3v) is 1.39. The van der Waals surface area contributed by atoms with Gasteiger partial charge in [0.15, 0.2) is 0 Å². The first-order chi connectivity index (χ1) is 5.88. The molecule has 0 bridgehead atoms. The molecule has 0 aliphatic heterocycles. The van der Waals surface area contributed by atoms with Gasteiger partial charge in [-0.15, -0.1) is 0 Å². The molecule has 0 aliphatic carbocycles. The summed E-state index contributed by atoms with van der Waals surface area (Å²) in [7, 11) is 0. The largest absolute Gasteiger partial charge is 0.488 e. The molecule has 0 aromatic heterocycles. The van der Waals surface area contributed by atoms with Crippen LogP contribution >= 0.6 is 0 Å². The molecule has 0 atom stereocenters. The number of rotatable bonds is 1. The average Bonchev–Trinajstić information content (AvgIpc) is 1.94. The van der Waals surface area contributed by atoms with Crippen LogP contribution in [0.25, 0.3) is 0 Å². The fourth-order valence-corrected chi connectivity index (χ4v) is 0.939. The van der Waals surface area contributed by atoms with Crippen LogP contribution in [0, 0.1) is 5.82 Å². The Balaban J connectivity index is 2.86. The van der Waals surface area contributed by atoms with Gasteiger partial charge in [0.2, 0.25) is 0 Å². The summed E-state index contributed by atoms with van der Waals surface area (Å²) >= 11 is 0. The fraction of sp³-hybridized carbons (Fsp3) is 0.400. The fourth-order valence-electron chi connectivity index (χ4n) is 0.939. The number of nitrogens with two attached hydrogens (primary N) is 1. The molecule has 72 valence electrons. The molecule has 13 heavy (non-hydrogen) atoms. The highest BCUT2D eigenvalue weighted by atomic mass is 19.1. The van der Waals surface area contributed by atoms with Gasteiger partial charge in [-0.3, -0.25) is 0 Å². The summed E-state index contributed by atoms with van der Waals surface area (Å²) in [4.78, 5) is 0. The highest BCUT2D eigenvalue weighted by Crippen LogP contribution is 2.22. The highest BCUT2D eigenvalue weighted by Gasteiger charge is 2.12. The smallest absolute Gasteiger partial charge is 0.146 e. The maximum atomic E-state index is 12.8. The van der Waals surface area contributed by atoms with E-state index in [9.17, 15) is 4.39 Å². The quantitative estimate of drug-likeness (QED) is 0.679. The molecule has 1 aromatic carbocycles. The lowest BCUT2D eigenvalue weighted by molar-refractivity contribution is 0.131. The Bertz CT molecular complexity index is 304. The minimum absolute atomic E-state index is 0.113. The van der Waals surface area contributed by atoms with Crippen LogP contribution in [0.2, 0.25) is 0 Å². The van der Waals surface area contributed by atoms with Crippen LogP contribution in [0.3, 0.4) is 0 Å². The van der Waals surface area contributed by atoms with Gasteiger partial charge >= 0.3 is 0 Å². The van der Waals surface area contributed by atoms with Gasteiger partial charge in [0, 0.05) is 6.07 Å². The monoisotopic (exact) mass is 183 g/mol. The van der Waals surface area contributed by atoms with Crippen molar-refractivity contribution in [3.05, 3.63) is 24.0 Å². The van der Waals surface area contributed by atoms with E-state index in [-0.39, 0.29) is 11.3 Å². The molecule has 0 heterocycles. The van der Waals surface area contributed by atoms with E-state index in [1.54, 1.807) is 6.07 Å². The molecule has 1 rings (SSSR count). The molecule has 3 heteroatoms. The average molecular weight is 183 g/mol. The molecular formula is C10H14FNO. The van der Waals surface area contributed by atoms with Crippen LogP contribution < -0.4 is 10.5 Å². The second-order valence-electron chi connectivity index (χ2n) is 3.90. The Morgan fingerprint density at radius 1 is 1.31 bits per heavy atom. The number of hydrogen-bond donors (Lipinski definition) is 1. The molecule has 0 amide bonds. The van der Waals surface area contributed by atoms with Crippen molar-refractivity contribution < 1.29 is 9.13 Å². The van der Waals surface area contributed by atoms with E-state index in [1.165, 1.54) is 12.1 Å². The second-order valence-corrected chi connectivity index (χ2v) is 3.90. The minimum atomic E-state index is -0.416. The van der Waals surface area contributed by atoms with E-state index in [4.69, 9.17) is 10.5 Å². The van der Waals surface area contributed by atoms with E-state index >= 15 is 0 Å². The second kappa shape index (κ2) is 3.24. The summed E-state index contributed by atoms with van der Waals surface area (Å²) in [6, 6.07) is 4.36. The first kappa shape index (κ1) is 9.84. The molecule has 0 radical (unpaired) electrons. The predicted molar refractivity (Wildman–Crippen MR) is 51.2 cm³/mol. The van der Waals surface area contributed by atoms with Crippen molar-refractivity contribution in [2.24, 2.45) is 0 Å². The summed E-state index contributed by atoms with van der Waals surface area (Å²) < 4.78 is 18.2. The first-order valence-corrected chi connectivity index (χ1v) is 4.12. The SMILES string of the molecule is CC(C)(C)Oc1ccc(F)c(N)c1. The van der Waals surface area contributed by atoms with Crippen LogP contribution in [-0.2, 0) is 0 Å². The number of anilines is 1. The zero-order chi connectivity index (χ0) is 10.1. The van der Waals surface area contributed by atoms with Gasteiger partial charge in [0.25, 0.3) is 0 Å². The summed E-state index contributed by atoms with van der Waals surface area (Å²) in [5.74, 6) is 0.174. The van der Waals surface area contributed by atoms with Gasteiger partial charge in [-0.25, -0.2) is 4.39 Å². The zero-order valence-electron chi connectivity index (χ0n) is 8.10. The van der Waals surface area contributed by atoms with Crippen LogP contribution in [0.4, 0.5) is 10.1 Å². The lowest BCUT2D eigenvalue weighted by Gasteiger charge is -2.21. The van der Waals surface area contributed by atoms with E-state index in [0.29, 0.717) is 5.75 Å². The van der Waals surface area contributed by atoms with E-state index in [1.807, 2.05) is 20.8 Å². The maximum Gasteiger partial charge on any atom is 0.146 e. The Hall–Kier alpha value is -1.25. The third kappa shape index (κ3) is 2.93. The lowest BCUT2D eigenvalue weighted by Crippen LogP contribution is -2.22. The van der Waals surface area contributed by atoms with Gasteiger partial charge in [0.05, 0.1) is 5.69 Å². The predicted octanol–water partition coefficient (Wildman–Crippen LogP) is 2.59. The summed E-state index contributed by atoms with van der Waals surface area (Å²) in [6.07, 6.45) is 0. The molecule has 0 unspecified atom stereocenters. The number of ether oxygens (including phenoxy) is 1. The van der Waals surface area contributed by atoms with Crippen LogP contribution in [0.1, 0.15) is 20.8 Å². The Morgan fingerprint density at radius 2 is 1.92 bits per heavy atom. The van der Waals surface area contributed by atoms with E-state index < -0.39 is 5.82 Å². The molecule has 2 N–H and O–H groups in total. The minimum Gasteiger partial charge on any atom is -0.488 e. The summed E-state index contributed by atoms with van der Waals surface area (Å²) in [5, 5.41) is 0. The normalized spacial score (nSPS) is 11.4. The van der Waals surface area contributed by atoms with Crippen molar-refractivity contribution in [1.82, 2.24) is 0 Å². The Kier molecular flexibility index (Phi) is 2.45. The Morgan fingerprint density at radius 3 is 2.38 bits per heavy atom. The molecule has 0 spiro atoms. The summed E-state index contributed by atoms with van der Waals surface area (Å²) in [5.41, 5.74) is 5.21. The van der Waals surface area contributed by atoms with Crippen molar-refractivity contribution >= 4 is 5.69 Å². The number of hydrogen-bond acceptors (Lipinski definition) is 2. The number of halogens is 1. The van der Waals surface area contributed by atoms with Crippen molar-refractivity contribution in [1.29, 1.82) is 0 Å². The maximum absolute atomic E-state index is 12.8. The first-order valence-electron chi connectivity index (χ1n) is 4.12.